The van der Waals surface area contributed by atoms with Crippen LogP contribution in [0.4, 0.5) is 0 Å². The van der Waals surface area contributed by atoms with Crippen LogP contribution in [-0.4, -0.2) is 34.9 Å². The molecule has 4 rings (SSSR count). The first kappa shape index (κ1) is 16.3. The maximum atomic E-state index is 12.5. The van der Waals surface area contributed by atoms with E-state index in [-0.39, 0.29) is 5.41 Å². The average molecular weight is 335 g/mol. The third-order valence-corrected chi connectivity index (χ3v) is 6.01. The summed E-state index contributed by atoms with van der Waals surface area (Å²) in [7, 11) is 0. The van der Waals surface area contributed by atoms with Gasteiger partial charge in [-0.2, -0.15) is 0 Å². The van der Waals surface area contributed by atoms with E-state index < -0.39 is 0 Å². The average Bonchev–Trinajstić information content (AvgIpc) is 2.62. The molecule has 1 heterocycles. The zero-order valence-corrected chi connectivity index (χ0v) is 14.5. The van der Waals surface area contributed by atoms with Gasteiger partial charge in [-0.15, -0.1) is 0 Å². The van der Waals surface area contributed by atoms with Gasteiger partial charge in [-0.25, -0.2) is 0 Å². The number of phenols is 1. The predicted octanol–water partition coefficient (Wildman–Crippen LogP) is 3.70. The summed E-state index contributed by atoms with van der Waals surface area (Å²) in [6, 6.07) is 18.4. The lowest BCUT2D eigenvalue weighted by Gasteiger charge is -2.50. The van der Waals surface area contributed by atoms with Crippen LogP contribution in [0.3, 0.4) is 0 Å². The zero-order valence-electron chi connectivity index (χ0n) is 14.5. The van der Waals surface area contributed by atoms with E-state index in [4.69, 9.17) is 0 Å². The molecular formula is C22H25NO2. The van der Waals surface area contributed by atoms with Crippen molar-refractivity contribution in [2.45, 2.75) is 43.6 Å². The first-order valence-corrected chi connectivity index (χ1v) is 9.24. The molecule has 130 valence electrons. The predicted molar refractivity (Wildman–Crippen MR) is 98.8 cm³/mol. The lowest BCUT2D eigenvalue weighted by Crippen LogP contribution is -2.54. The number of fused-ring (bicyclic) bond motifs is 2. The summed E-state index contributed by atoms with van der Waals surface area (Å²) in [6.45, 7) is 2.04. The van der Waals surface area contributed by atoms with E-state index in [1.165, 1.54) is 5.56 Å². The minimum atomic E-state index is -0.0814. The highest BCUT2D eigenvalue weighted by atomic mass is 16.3. The van der Waals surface area contributed by atoms with Gasteiger partial charge >= 0.3 is 0 Å². The normalized spacial score (nSPS) is 26.6. The van der Waals surface area contributed by atoms with Crippen LogP contribution in [0.15, 0.2) is 54.6 Å². The number of hydrogen-bond acceptors (Lipinski definition) is 3. The smallest absolute Gasteiger partial charge is 0.135 e. The molecule has 1 saturated heterocycles. The Labute approximate surface area is 149 Å². The third kappa shape index (κ3) is 3.34. The van der Waals surface area contributed by atoms with Crippen molar-refractivity contribution in [2.24, 2.45) is 0 Å². The van der Waals surface area contributed by atoms with Crippen LogP contribution in [0.5, 0.6) is 5.75 Å². The van der Waals surface area contributed by atoms with Crippen molar-refractivity contribution < 1.29 is 9.90 Å². The Balaban J connectivity index is 1.51. The summed E-state index contributed by atoms with van der Waals surface area (Å²) in [5.41, 5.74) is 2.41. The van der Waals surface area contributed by atoms with E-state index in [1.54, 1.807) is 6.07 Å². The number of likely N-dealkylation sites (tertiary alicyclic amines) is 1. The number of aromatic hydroxyl groups is 1. The molecule has 2 fully saturated rings. The molecule has 0 radical (unpaired) electrons. The number of ketones is 1. The van der Waals surface area contributed by atoms with Crippen molar-refractivity contribution >= 4 is 5.78 Å². The van der Waals surface area contributed by atoms with Crippen LogP contribution >= 0.6 is 0 Å². The molecule has 2 aromatic carbocycles. The van der Waals surface area contributed by atoms with Gasteiger partial charge in [0.05, 0.1) is 0 Å². The van der Waals surface area contributed by atoms with Gasteiger partial charge in [-0.1, -0.05) is 42.5 Å². The van der Waals surface area contributed by atoms with Crippen LogP contribution < -0.4 is 0 Å². The Morgan fingerprint density at radius 1 is 1.12 bits per heavy atom. The number of phenolic OH excluding ortho intramolecular Hbond substituents is 1. The van der Waals surface area contributed by atoms with E-state index in [0.29, 0.717) is 30.4 Å². The van der Waals surface area contributed by atoms with Gasteiger partial charge < -0.3 is 5.11 Å². The van der Waals surface area contributed by atoms with E-state index in [0.717, 1.165) is 37.9 Å². The fourth-order valence-electron chi connectivity index (χ4n) is 4.71. The van der Waals surface area contributed by atoms with Crippen LogP contribution in [0, 0.1) is 0 Å². The number of carbonyl (C=O) groups excluding carboxylic acids is 1. The van der Waals surface area contributed by atoms with Crippen molar-refractivity contribution in [3.8, 4) is 5.75 Å². The SMILES string of the molecule is O=C1C[C@@H]2C[C@](c3cccc(O)c3)(CCN2CCc2ccccc2)C1. The molecule has 2 aliphatic rings. The van der Waals surface area contributed by atoms with Gasteiger partial charge in [0, 0.05) is 30.8 Å². The van der Waals surface area contributed by atoms with Crippen molar-refractivity contribution in [1.29, 1.82) is 0 Å². The van der Waals surface area contributed by atoms with Crippen molar-refractivity contribution in [3.63, 3.8) is 0 Å². The van der Waals surface area contributed by atoms with Crippen LogP contribution in [0.25, 0.3) is 0 Å². The Morgan fingerprint density at radius 3 is 2.76 bits per heavy atom. The molecule has 3 heteroatoms. The highest BCUT2D eigenvalue weighted by Crippen LogP contribution is 2.46. The molecule has 0 aromatic heterocycles. The molecule has 1 saturated carbocycles. The summed E-state index contributed by atoms with van der Waals surface area (Å²) >= 11 is 0. The second-order valence-electron chi connectivity index (χ2n) is 7.63. The van der Waals surface area contributed by atoms with E-state index in [1.807, 2.05) is 18.2 Å². The second kappa shape index (κ2) is 6.64. The summed E-state index contributed by atoms with van der Waals surface area (Å²) in [5, 5.41) is 9.87. The quantitative estimate of drug-likeness (QED) is 0.926. The molecule has 0 spiro atoms. The Bertz CT molecular complexity index is 758. The zero-order chi connectivity index (χ0) is 17.3. The molecule has 2 aromatic rings. The number of piperidine rings is 1. The Kier molecular flexibility index (Phi) is 4.34. The minimum Gasteiger partial charge on any atom is -0.508 e. The topological polar surface area (TPSA) is 40.5 Å². The van der Waals surface area contributed by atoms with Crippen molar-refractivity contribution in [2.75, 3.05) is 13.1 Å². The van der Waals surface area contributed by atoms with E-state index in [2.05, 4.69) is 35.2 Å². The Hall–Kier alpha value is -2.13. The van der Waals surface area contributed by atoms with Gasteiger partial charge in [-0.05, 0) is 49.1 Å². The van der Waals surface area contributed by atoms with Crippen molar-refractivity contribution in [1.82, 2.24) is 4.90 Å². The third-order valence-electron chi connectivity index (χ3n) is 6.01. The first-order valence-electron chi connectivity index (χ1n) is 9.24. The van der Waals surface area contributed by atoms with Gasteiger partial charge in [0.15, 0.2) is 0 Å². The molecule has 2 atom stereocenters. The number of benzene rings is 2. The molecule has 0 unspecified atom stereocenters. The monoisotopic (exact) mass is 335 g/mol. The molecule has 1 aliphatic heterocycles. The summed E-state index contributed by atoms with van der Waals surface area (Å²) in [6.07, 6.45) is 4.35. The summed E-state index contributed by atoms with van der Waals surface area (Å²) in [5.74, 6) is 0.664. The van der Waals surface area contributed by atoms with Crippen LogP contribution in [0.2, 0.25) is 0 Å². The molecule has 3 nitrogen and oxygen atoms in total. The molecule has 1 aliphatic carbocycles. The largest absolute Gasteiger partial charge is 0.508 e. The summed E-state index contributed by atoms with van der Waals surface area (Å²) in [4.78, 5) is 15.0. The molecule has 2 bridgehead atoms. The van der Waals surface area contributed by atoms with Crippen molar-refractivity contribution in [3.05, 3.63) is 65.7 Å². The van der Waals surface area contributed by atoms with Gasteiger partial charge in [0.2, 0.25) is 0 Å². The lowest BCUT2D eigenvalue weighted by molar-refractivity contribution is -0.126. The van der Waals surface area contributed by atoms with E-state index in [9.17, 15) is 9.90 Å². The fourth-order valence-corrected chi connectivity index (χ4v) is 4.71. The molecule has 0 amide bonds. The van der Waals surface area contributed by atoms with Gasteiger partial charge in [-0.3, -0.25) is 9.69 Å². The molecule has 25 heavy (non-hydrogen) atoms. The fraction of sp³-hybridized carbons (Fsp3) is 0.409. The first-order chi connectivity index (χ1) is 12.1. The minimum absolute atomic E-state index is 0.0814. The maximum Gasteiger partial charge on any atom is 0.135 e. The molecule has 1 N–H and O–H groups in total. The summed E-state index contributed by atoms with van der Waals surface area (Å²) < 4.78 is 0. The number of Topliss-reactive ketones (excluding diaryl/α,β-unsaturated/α-hetero) is 1. The van der Waals surface area contributed by atoms with E-state index >= 15 is 0 Å². The van der Waals surface area contributed by atoms with Crippen LogP contribution in [-0.2, 0) is 16.6 Å². The highest BCUT2D eigenvalue weighted by Gasteiger charge is 2.46. The standard InChI is InChI=1S/C22H25NO2/c24-20-8-4-7-18(13-20)22-10-12-23(19(15-22)14-21(25)16-22)11-9-17-5-2-1-3-6-17/h1-8,13,19,24H,9-12,14-16H2/t19-,22-/m1/s1. The highest BCUT2D eigenvalue weighted by molar-refractivity contribution is 5.82. The second-order valence-corrected chi connectivity index (χ2v) is 7.63. The Morgan fingerprint density at radius 2 is 1.96 bits per heavy atom. The number of nitrogens with zero attached hydrogens (tertiary/aromatic N) is 1. The molecular weight excluding hydrogens is 310 g/mol. The number of hydrogen-bond donors (Lipinski definition) is 1. The number of rotatable bonds is 4. The van der Waals surface area contributed by atoms with Gasteiger partial charge in [0.1, 0.15) is 11.5 Å². The lowest BCUT2D eigenvalue weighted by atomic mass is 9.63. The van der Waals surface area contributed by atoms with Gasteiger partial charge in [0.25, 0.3) is 0 Å². The maximum absolute atomic E-state index is 12.5. The van der Waals surface area contributed by atoms with Crippen LogP contribution in [0.1, 0.15) is 36.8 Å². The number of carbonyl (C=O) groups is 1.